The van der Waals surface area contributed by atoms with Gasteiger partial charge in [0.1, 0.15) is 5.69 Å². The van der Waals surface area contributed by atoms with E-state index in [0.29, 0.717) is 34.6 Å². The molecule has 0 radical (unpaired) electrons. The highest BCUT2D eigenvalue weighted by Crippen LogP contribution is 2.35. The summed E-state index contributed by atoms with van der Waals surface area (Å²) < 4.78 is 51.2. The lowest BCUT2D eigenvalue weighted by molar-refractivity contribution is -0.141. The minimum Gasteiger partial charge on any atom is -0.358 e. The first kappa shape index (κ1) is 22.7. The Labute approximate surface area is 179 Å². The number of anilines is 1. The number of nitrogens with zero attached hydrogens (tertiary/aromatic N) is 2. The number of rotatable bonds is 5. The molecule has 1 aromatic heterocycles. The van der Waals surface area contributed by atoms with Crippen molar-refractivity contribution in [2.45, 2.75) is 36.4 Å². The van der Waals surface area contributed by atoms with Crippen LogP contribution < -0.4 is 11.1 Å². The van der Waals surface area contributed by atoms with Crippen molar-refractivity contribution in [3.05, 3.63) is 64.6 Å². The average Bonchev–Trinajstić information content (AvgIpc) is 2.72. The highest BCUT2D eigenvalue weighted by molar-refractivity contribution is 7.84. The van der Waals surface area contributed by atoms with Crippen LogP contribution in [0.15, 0.2) is 52.7 Å². The fraction of sp³-hybridized carbons (Fsp3) is 0.286. The van der Waals surface area contributed by atoms with Gasteiger partial charge in [0.25, 0.3) is 0 Å². The van der Waals surface area contributed by atoms with Crippen molar-refractivity contribution in [2.24, 2.45) is 5.73 Å². The molecule has 3 rings (SSSR count). The van der Waals surface area contributed by atoms with Crippen molar-refractivity contribution < 1.29 is 22.2 Å². The number of alkyl halides is 3. The molecule has 10 heteroatoms. The topological polar surface area (TPSA) is 109 Å². The van der Waals surface area contributed by atoms with Gasteiger partial charge < -0.3 is 11.1 Å². The maximum Gasteiger partial charge on any atom is 0.433 e. The number of hydrogen-bond donors (Lipinski definition) is 2. The van der Waals surface area contributed by atoms with Gasteiger partial charge in [-0.25, -0.2) is 0 Å². The van der Waals surface area contributed by atoms with E-state index in [4.69, 9.17) is 11.0 Å². The van der Waals surface area contributed by atoms with Crippen LogP contribution in [-0.2, 0) is 21.8 Å². The summed E-state index contributed by atoms with van der Waals surface area (Å²) in [6, 6.07) is 7.79. The Hall–Kier alpha value is -3.03. The van der Waals surface area contributed by atoms with Gasteiger partial charge in [-0.1, -0.05) is 6.07 Å². The van der Waals surface area contributed by atoms with Gasteiger partial charge >= 0.3 is 6.18 Å². The number of Topliss-reactive ketones (excluding diaryl/α,β-unsaturated/α-hetero) is 1. The summed E-state index contributed by atoms with van der Waals surface area (Å²) in [5, 5.41) is 12.0. The van der Waals surface area contributed by atoms with Gasteiger partial charge in [-0.3, -0.25) is 14.0 Å². The van der Waals surface area contributed by atoms with Crippen LogP contribution in [0.1, 0.15) is 42.1 Å². The first-order valence-electron chi connectivity index (χ1n) is 9.31. The summed E-state index contributed by atoms with van der Waals surface area (Å²) in [5.74, 6) is -0.233. The number of nitriles is 1. The zero-order valence-electron chi connectivity index (χ0n) is 16.5. The molecule has 2 unspecified atom stereocenters. The summed E-state index contributed by atoms with van der Waals surface area (Å²) in [5.41, 5.74) is 6.86. The highest BCUT2D eigenvalue weighted by atomic mass is 32.2. The molecule has 2 atom stereocenters. The second-order valence-corrected chi connectivity index (χ2v) is 8.37. The Morgan fingerprint density at radius 2 is 2.00 bits per heavy atom. The molecule has 0 saturated heterocycles. The summed E-state index contributed by atoms with van der Waals surface area (Å²) in [7, 11) is -1.47. The van der Waals surface area contributed by atoms with Crippen LogP contribution in [0.2, 0.25) is 0 Å². The number of hydrogen-bond acceptors (Lipinski definition) is 6. The van der Waals surface area contributed by atoms with Crippen LogP contribution in [0.5, 0.6) is 0 Å². The molecule has 0 aliphatic heterocycles. The predicted octanol–water partition coefficient (Wildman–Crippen LogP) is 3.83. The number of carbonyl (C=O) groups excluding carboxylic acids is 1. The fourth-order valence-corrected chi connectivity index (χ4v) is 4.28. The molecule has 6 nitrogen and oxygen atoms in total. The predicted molar refractivity (Wildman–Crippen MR) is 109 cm³/mol. The third kappa shape index (κ3) is 5.00. The summed E-state index contributed by atoms with van der Waals surface area (Å²) in [4.78, 5) is 16.4. The molecule has 0 bridgehead atoms. The van der Waals surface area contributed by atoms with E-state index in [-0.39, 0.29) is 23.5 Å². The fourth-order valence-electron chi connectivity index (χ4n) is 3.46. The van der Waals surface area contributed by atoms with Gasteiger partial charge in [-0.05, 0) is 42.7 Å². The second kappa shape index (κ2) is 8.99. The van der Waals surface area contributed by atoms with Gasteiger partial charge in [0.2, 0.25) is 0 Å². The number of nitrogens with one attached hydrogen (secondary N) is 1. The van der Waals surface area contributed by atoms with E-state index < -0.39 is 28.7 Å². The molecule has 162 valence electrons. The third-order valence-corrected chi connectivity index (χ3v) is 5.87. The van der Waals surface area contributed by atoms with Crippen LogP contribution in [0.4, 0.5) is 18.9 Å². The van der Waals surface area contributed by atoms with Crippen molar-refractivity contribution in [3.8, 4) is 6.07 Å². The molecule has 1 aromatic carbocycles. The van der Waals surface area contributed by atoms with Crippen LogP contribution in [0.25, 0.3) is 0 Å². The number of aromatic nitrogens is 1. The quantitative estimate of drug-likeness (QED) is 0.720. The number of pyridine rings is 1. The minimum atomic E-state index is -4.60. The van der Waals surface area contributed by atoms with Crippen molar-refractivity contribution in [2.75, 3.05) is 11.6 Å². The number of allylic oxidation sites excluding steroid dienone is 1. The molecular weight excluding hydrogens is 429 g/mol. The first-order chi connectivity index (χ1) is 14.6. The first-order valence-corrected chi connectivity index (χ1v) is 10.9. The van der Waals surface area contributed by atoms with Crippen LogP contribution in [0, 0.1) is 11.3 Å². The highest BCUT2D eigenvalue weighted by Gasteiger charge is 2.33. The molecule has 1 aliphatic carbocycles. The maximum absolute atomic E-state index is 13.0. The van der Waals surface area contributed by atoms with Gasteiger partial charge in [0, 0.05) is 40.7 Å². The maximum atomic E-state index is 13.0. The minimum absolute atomic E-state index is 0.135. The Bertz CT molecular complexity index is 1120. The van der Waals surface area contributed by atoms with Crippen molar-refractivity contribution in [3.63, 3.8) is 0 Å². The molecule has 0 fully saturated rings. The van der Waals surface area contributed by atoms with Gasteiger partial charge in [-0.15, -0.1) is 0 Å². The lowest BCUT2D eigenvalue weighted by Gasteiger charge is -2.26. The van der Waals surface area contributed by atoms with Crippen molar-refractivity contribution in [1.29, 1.82) is 5.26 Å². The molecular formula is C21H19F3N4O2S. The molecule has 2 aromatic rings. The number of carbonyl (C=O) groups is 1. The van der Waals surface area contributed by atoms with E-state index in [9.17, 15) is 22.2 Å². The van der Waals surface area contributed by atoms with Crippen LogP contribution in [0.3, 0.4) is 0 Å². The zero-order chi connectivity index (χ0) is 22.8. The van der Waals surface area contributed by atoms with Crippen molar-refractivity contribution in [1.82, 2.24) is 4.98 Å². The van der Waals surface area contributed by atoms with Crippen LogP contribution >= 0.6 is 0 Å². The lowest BCUT2D eigenvalue weighted by atomic mass is 9.86. The number of nitrogens with two attached hydrogens (primary N) is 1. The number of benzene rings is 1. The van der Waals surface area contributed by atoms with E-state index in [1.54, 1.807) is 6.07 Å². The second-order valence-electron chi connectivity index (χ2n) is 7.02. The number of ketones is 1. The van der Waals surface area contributed by atoms with Gasteiger partial charge in [-0.2, -0.15) is 18.4 Å². The lowest BCUT2D eigenvalue weighted by Crippen LogP contribution is -2.27. The molecule has 1 aliphatic rings. The monoisotopic (exact) mass is 448 g/mol. The summed E-state index contributed by atoms with van der Waals surface area (Å²) in [6.07, 6.45) is -0.934. The molecule has 31 heavy (non-hydrogen) atoms. The molecule has 0 saturated carbocycles. The zero-order valence-corrected chi connectivity index (χ0v) is 17.3. The molecule has 3 N–H and O–H groups in total. The van der Waals surface area contributed by atoms with E-state index >= 15 is 0 Å². The smallest absolute Gasteiger partial charge is 0.358 e. The van der Waals surface area contributed by atoms with E-state index in [1.807, 2.05) is 6.07 Å². The van der Waals surface area contributed by atoms with Crippen LogP contribution in [-0.4, -0.2) is 21.2 Å². The van der Waals surface area contributed by atoms with Crippen molar-refractivity contribution >= 4 is 22.3 Å². The average molecular weight is 448 g/mol. The third-order valence-electron chi connectivity index (χ3n) is 4.90. The van der Waals surface area contributed by atoms with Gasteiger partial charge in [0.15, 0.2) is 5.78 Å². The Morgan fingerprint density at radius 3 is 2.65 bits per heavy atom. The van der Waals surface area contributed by atoms with Gasteiger partial charge in [0.05, 0.1) is 28.5 Å². The van der Waals surface area contributed by atoms with E-state index in [0.717, 1.165) is 12.3 Å². The summed E-state index contributed by atoms with van der Waals surface area (Å²) >= 11 is 0. The Kier molecular flexibility index (Phi) is 6.57. The largest absolute Gasteiger partial charge is 0.433 e. The van der Waals surface area contributed by atoms with E-state index in [1.165, 1.54) is 24.5 Å². The van der Waals surface area contributed by atoms with E-state index in [2.05, 4.69) is 10.3 Å². The SMILES string of the molecule is CS(=O)c1cc(C#N)ccc1C(N)C1=C(Nc2ccnc(C(F)(F)F)c2)CCCC1=O. The molecule has 0 spiro atoms. The normalized spacial score (nSPS) is 16.6. The Balaban J connectivity index is 2.06. The Morgan fingerprint density at radius 1 is 1.26 bits per heavy atom. The molecule has 1 heterocycles. The standard InChI is InChI=1S/C21H19F3N4O2S/c1-31(30)17-9-12(11-25)5-6-14(17)20(26)19-15(3-2-4-16(19)29)28-13-7-8-27-18(10-13)21(22,23)24/h5-10,20H,2-4,26H2,1H3,(H,27,28). The number of halogens is 3. The summed E-state index contributed by atoms with van der Waals surface area (Å²) in [6.45, 7) is 0. The molecule has 0 amide bonds.